The molecule has 7 heteroatoms. The van der Waals surface area contributed by atoms with Gasteiger partial charge in [-0.3, -0.25) is 4.79 Å². The first-order valence-electron chi connectivity index (χ1n) is 5.08. The summed E-state index contributed by atoms with van der Waals surface area (Å²) in [5, 5.41) is 12.3. The first kappa shape index (κ1) is 14.1. The summed E-state index contributed by atoms with van der Waals surface area (Å²) in [7, 11) is 2.56. The third-order valence-electron chi connectivity index (χ3n) is 2.30. The normalized spacial score (nSPS) is 11.2. The van der Waals surface area contributed by atoms with Crippen molar-refractivity contribution in [2.45, 2.75) is 6.18 Å². The zero-order valence-electron chi connectivity index (χ0n) is 9.88. The van der Waals surface area contributed by atoms with Crippen LogP contribution in [0.2, 0.25) is 0 Å². The molecule has 18 heavy (non-hydrogen) atoms. The van der Waals surface area contributed by atoms with Crippen LogP contribution in [0.15, 0.2) is 18.2 Å². The minimum absolute atomic E-state index is 0.173. The van der Waals surface area contributed by atoms with Crippen molar-refractivity contribution in [3.8, 4) is 5.75 Å². The molecular formula is C11H13F3N2O2. The van der Waals surface area contributed by atoms with Crippen LogP contribution in [0.4, 0.5) is 18.9 Å². The number of hydrogen-bond acceptors (Lipinski definition) is 3. The number of hydrogen-bond donors (Lipinski definition) is 2. The zero-order chi connectivity index (χ0) is 13.9. The first-order valence-corrected chi connectivity index (χ1v) is 5.08. The van der Waals surface area contributed by atoms with Crippen molar-refractivity contribution in [1.29, 1.82) is 0 Å². The molecule has 1 aromatic rings. The quantitative estimate of drug-likeness (QED) is 0.820. The largest absolute Gasteiger partial charge is 0.505 e. The smallest absolute Gasteiger partial charge is 0.406 e. The van der Waals surface area contributed by atoms with Crippen molar-refractivity contribution < 1.29 is 23.1 Å². The average molecular weight is 262 g/mol. The Bertz CT molecular complexity index is 446. The lowest BCUT2D eigenvalue weighted by molar-refractivity contribution is -0.138. The summed E-state index contributed by atoms with van der Waals surface area (Å²) in [5.41, 5.74) is 0.106. The highest BCUT2D eigenvalue weighted by Crippen LogP contribution is 2.28. The number of para-hydroxylation sites is 1. The third kappa shape index (κ3) is 3.28. The van der Waals surface area contributed by atoms with E-state index in [-0.39, 0.29) is 17.0 Å². The lowest BCUT2D eigenvalue weighted by Crippen LogP contribution is -2.35. The third-order valence-corrected chi connectivity index (χ3v) is 2.30. The van der Waals surface area contributed by atoms with Crippen LogP contribution < -0.4 is 5.32 Å². The van der Waals surface area contributed by atoms with E-state index in [9.17, 15) is 23.1 Å². The van der Waals surface area contributed by atoms with E-state index in [1.807, 2.05) is 0 Å². The van der Waals surface area contributed by atoms with Crippen LogP contribution in [-0.4, -0.2) is 42.7 Å². The number of phenolic OH excluding ortho intramolecular Hbond substituents is 1. The minimum atomic E-state index is -4.47. The average Bonchev–Trinajstić information content (AvgIpc) is 2.26. The van der Waals surface area contributed by atoms with Gasteiger partial charge in [-0.25, -0.2) is 0 Å². The number of carbonyl (C=O) groups is 1. The number of anilines is 1. The zero-order valence-corrected chi connectivity index (χ0v) is 9.88. The molecule has 1 aromatic carbocycles. The Kier molecular flexibility index (Phi) is 4.05. The summed E-state index contributed by atoms with van der Waals surface area (Å²) >= 11 is 0. The number of aromatic hydroxyl groups is 1. The van der Waals surface area contributed by atoms with E-state index in [0.29, 0.717) is 4.90 Å². The molecule has 1 rings (SSSR count). The number of phenols is 1. The summed E-state index contributed by atoms with van der Waals surface area (Å²) in [4.78, 5) is 12.3. The van der Waals surface area contributed by atoms with Gasteiger partial charge in [0.15, 0.2) is 5.75 Å². The Morgan fingerprint density at radius 2 is 2.06 bits per heavy atom. The van der Waals surface area contributed by atoms with Crippen molar-refractivity contribution in [3.05, 3.63) is 23.8 Å². The van der Waals surface area contributed by atoms with Gasteiger partial charge in [-0.05, 0) is 12.1 Å². The summed E-state index contributed by atoms with van der Waals surface area (Å²) in [5.74, 6) is -1.25. The molecule has 0 bridgehead atoms. The summed E-state index contributed by atoms with van der Waals surface area (Å²) in [6, 6.07) is 4.25. The molecule has 0 heterocycles. The van der Waals surface area contributed by atoms with Gasteiger partial charge in [0.1, 0.15) is 6.54 Å². The van der Waals surface area contributed by atoms with Crippen LogP contribution in [0.5, 0.6) is 5.75 Å². The fourth-order valence-corrected chi connectivity index (χ4v) is 1.46. The van der Waals surface area contributed by atoms with Gasteiger partial charge < -0.3 is 15.3 Å². The second-order valence-electron chi connectivity index (χ2n) is 3.73. The van der Waals surface area contributed by atoms with Gasteiger partial charge in [0.2, 0.25) is 0 Å². The van der Waals surface area contributed by atoms with E-state index in [4.69, 9.17) is 0 Å². The molecule has 0 saturated heterocycles. The summed E-state index contributed by atoms with van der Waals surface area (Å²) in [6.45, 7) is -1.37. The highest BCUT2D eigenvalue weighted by molar-refractivity contribution is 5.98. The monoisotopic (exact) mass is 262 g/mol. The van der Waals surface area contributed by atoms with Crippen LogP contribution in [0.3, 0.4) is 0 Å². The molecule has 0 radical (unpaired) electrons. The maximum Gasteiger partial charge on any atom is 0.406 e. The summed E-state index contributed by atoms with van der Waals surface area (Å²) in [6.07, 6.45) is -4.47. The van der Waals surface area contributed by atoms with Crippen LogP contribution in [0.1, 0.15) is 10.4 Å². The number of nitrogens with one attached hydrogen (secondary N) is 1. The molecule has 0 spiro atoms. The van der Waals surface area contributed by atoms with E-state index in [0.717, 1.165) is 7.05 Å². The molecule has 0 aliphatic heterocycles. The van der Waals surface area contributed by atoms with Gasteiger partial charge >= 0.3 is 6.18 Å². The van der Waals surface area contributed by atoms with Crippen LogP contribution in [0.25, 0.3) is 0 Å². The standard InChI is InChI=1S/C11H13F3N2O2/c1-15-8-5-3-4-7(9(8)17)10(18)16(2)6-11(12,13)14/h3-5,15,17H,6H2,1-2H3. The second kappa shape index (κ2) is 5.16. The van der Waals surface area contributed by atoms with E-state index in [1.165, 1.54) is 25.2 Å². The van der Waals surface area contributed by atoms with Gasteiger partial charge in [-0.1, -0.05) is 6.07 Å². The van der Waals surface area contributed by atoms with Crippen molar-refractivity contribution in [3.63, 3.8) is 0 Å². The fraction of sp³-hybridized carbons (Fsp3) is 0.364. The Morgan fingerprint density at radius 1 is 1.44 bits per heavy atom. The highest BCUT2D eigenvalue weighted by atomic mass is 19.4. The molecule has 0 aliphatic carbocycles. The molecule has 0 unspecified atom stereocenters. The SMILES string of the molecule is CNc1cccc(C(=O)N(C)CC(F)(F)F)c1O. The van der Waals surface area contributed by atoms with Crippen molar-refractivity contribution >= 4 is 11.6 Å². The molecule has 0 fully saturated rings. The van der Waals surface area contributed by atoms with E-state index < -0.39 is 18.6 Å². The molecule has 1 amide bonds. The van der Waals surface area contributed by atoms with Crippen LogP contribution in [0, 0.1) is 0 Å². The molecule has 0 saturated carbocycles. The maximum atomic E-state index is 12.2. The fourth-order valence-electron chi connectivity index (χ4n) is 1.46. The Morgan fingerprint density at radius 3 is 2.56 bits per heavy atom. The number of benzene rings is 1. The first-order chi connectivity index (χ1) is 8.26. The van der Waals surface area contributed by atoms with Gasteiger partial charge in [-0.15, -0.1) is 0 Å². The lowest BCUT2D eigenvalue weighted by atomic mass is 10.1. The predicted molar refractivity (Wildman–Crippen MR) is 60.7 cm³/mol. The Balaban J connectivity index is 2.97. The van der Waals surface area contributed by atoms with E-state index in [1.54, 1.807) is 0 Å². The lowest BCUT2D eigenvalue weighted by Gasteiger charge is -2.20. The van der Waals surface area contributed by atoms with Gasteiger partial charge in [0.25, 0.3) is 5.91 Å². The van der Waals surface area contributed by atoms with E-state index in [2.05, 4.69) is 5.32 Å². The summed E-state index contributed by atoms with van der Waals surface area (Å²) < 4.78 is 36.5. The number of alkyl halides is 3. The molecule has 0 atom stereocenters. The highest BCUT2D eigenvalue weighted by Gasteiger charge is 2.32. The number of halogens is 3. The van der Waals surface area contributed by atoms with Crippen molar-refractivity contribution in [2.75, 3.05) is 26.0 Å². The van der Waals surface area contributed by atoms with Gasteiger partial charge in [-0.2, -0.15) is 13.2 Å². The molecule has 2 N–H and O–H groups in total. The molecule has 0 aliphatic rings. The topological polar surface area (TPSA) is 52.6 Å². The Hall–Kier alpha value is -1.92. The molecule has 100 valence electrons. The van der Waals surface area contributed by atoms with Crippen molar-refractivity contribution in [2.24, 2.45) is 0 Å². The van der Waals surface area contributed by atoms with Crippen molar-refractivity contribution in [1.82, 2.24) is 4.90 Å². The van der Waals surface area contributed by atoms with E-state index >= 15 is 0 Å². The number of nitrogens with zero attached hydrogens (tertiary/aromatic N) is 1. The number of rotatable bonds is 3. The predicted octanol–water partition coefficient (Wildman–Crippen LogP) is 2.07. The second-order valence-corrected chi connectivity index (χ2v) is 3.73. The van der Waals surface area contributed by atoms with Crippen LogP contribution >= 0.6 is 0 Å². The Labute approximate surface area is 102 Å². The minimum Gasteiger partial charge on any atom is -0.505 e. The molecular weight excluding hydrogens is 249 g/mol. The van der Waals surface area contributed by atoms with Crippen LogP contribution in [-0.2, 0) is 0 Å². The maximum absolute atomic E-state index is 12.2. The van der Waals surface area contributed by atoms with Gasteiger partial charge in [0, 0.05) is 14.1 Å². The number of amides is 1. The number of carbonyl (C=O) groups excluding carboxylic acids is 1. The van der Waals surface area contributed by atoms with Gasteiger partial charge in [0.05, 0.1) is 11.3 Å². The molecule has 4 nitrogen and oxygen atoms in total. The molecule has 0 aromatic heterocycles.